The van der Waals surface area contributed by atoms with Crippen molar-refractivity contribution in [3.8, 4) is 11.8 Å². The Bertz CT molecular complexity index is 1060. The van der Waals surface area contributed by atoms with Crippen molar-refractivity contribution in [3.05, 3.63) is 23.9 Å². The quantitative estimate of drug-likeness (QED) is 0.360. The zero-order chi connectivity index (χ0) is 22.9. The SMILES string of the molecule is CN1CC[C@@H](Nc2cccc3c([Se]C(F)(F)F)c(C#CCNC(=O)C4CC4)nn23)[C@@H](F)C1. The van der Waals surface area contributed by atoms with Gasteiger partial charge in [0.1, 0.15) is 0 Å². The predicted molar refractivity (Wildman–Crippen MR) is 114 cm³/mol. The fourth-order valence-corrected chi connectivity index (χ4v) is 5.04. The normalized spacial score (nSPS) is 21.8. The Morgan fingerprint density at radius 2 is 2.09 bits per heavy atom. The van der Waals surface area contributed by atoms with Crippen molar-refractivity contribution in [2.75, 3.05) is 32.0 Å². The molecule has 1 aliphatic heterocycles. The molecular weight excluding hydrogens is 493 g/mol. The van der Waals surface area contributed by atoms with Crippen molar-refractivity contribution in [3.63, 3.8) is 0 Å². The number of hydrogen-bond donors (Lipinski definition) is 2. The second-order valence-electron chi connectivity index (χ2n) is 8.05. The van der Waals surface area contributed by atoms with Crippen LogP contribution in [0, 0.1) is 17.8 Å². The van der Waals surface area contributed by atoms with Gasteiger partial charge in [0.05, 0.1) is 0 Å². The molecule has 0 bridgehead atoms. The van der Waals surface area contributed by atoms with Crippen LogP contribution < -0.4 is 15.1 Å². The van der Waals surface area contributed by atoms with Gasteiger partial charge in [-0.15, -0.1) is 0 Å². The third kappa shape index (κ3) is 5.55. The molecule has 3 heterocycles. The first-order valence-corrected chi connectivity index (χ1v) is 12.1. The van der Waals surface area contributed by atoms with Gasteiger partial charge in [0, 0.05) is 0 Å². The van der Waals surface area contributed by atoms with Gasteiger partial charge in [-0.05, 0) is 0 Å². The van der Waals surface area contributed by atoms with Gasteiger partial charge in [-0.2, -0.15) is 0 Å². The number of carbonyl (C=O) groups excluding carboxylic acids is 1. The molecule has 1 amide bonds. The van der Waals surface area contributed by atoms with E-state index in [4.69, 9.17) is 0 Å². The molecule has 0 aromatic carbocycles. The molecule has 0 radical (unpaired) electrons. The standard InChI is InChI=1S/C21H23F4N5OSe/c1-29-11-9-15(14(22)12-29)27-18-6-2-5-17-19(32-21(23,24)25)16(28-30(17)18)4-3-10-26-20(31)13-7-8-13/h2,5-6,13-15,27H,7-12H2,1H3,(H,26,31)/t14-,15+/m0/s1. The molecular formula is C21H23F4N5OSe. The van der Waals surface area contributed by atoms with Crippen molar-refractivity contribution in [2.45, 2.75) is 36.6 Å². The van der Waals surface area contributed by atoms with E-state index in [1.54, 1.807) is 18.2 Å². The van der Waals surface area contributed by atoms with Crippen molar-refractivity contribution < 1.29 is 22.4 Å². The summed E-state index contributed by atoms with van der Waals surface area (Å²) in [5.41, 5.74) is 0.319. The van der Waals surface area contributed by atoms with Gasteiger partial charge < -0.3 is 0 Å². The van der Waals surface area contributed by atoms with Gasteiger partial charge >= 0.3 is 189 Å². The number of halogens is 4. The number of rotatable bonds is 5. The number of piperidine rings is 1. The molecule has 6 nitrogen and oxygen atoms in total. The van der Waals surface area contributed by atoms with Crippen molar-refractivity contribution in [1.82, 2.24) is 19.8 Å². The predicted octanol–water partition coefficient (Wildman–Crippen LogP) is 1.52. The van der Waals surface area contributed by atoms with Crippen LogP contribution >= 0.6 is 0 Å². The molecule has 172 valence electrons. The van der Waals surface area contributed by atoms with E-state index < -0.39 is 32.2 Å². The fourth-order valence-electron chi connectivity index (χ4n) is 3.61. The van der Waals surface area contributed by atoms with Crippen LogP contribution in [0.2, 0.25) is 0 Å². The van der Waals surface area contributed by atoms with Crippen LogP contribution in [-0.2, 0) is 4.79 Å². The average Bonchev–Trinajstić information content (AvgIpc) is 3.51. The van der Waals surface area contributed by atoms with E-state index in [1.807, 2.05) is 11.9 Å². The van der Waals surface area contributed by atoms with Crippen LogP contribution in [0.4, 0.5) is 23.4 Å². The summed E-state index contributed by atoms with van der Waals surface area (Å²) in [6, 6.07) is 4.40. The first-order chi connectivity index (χ1) is 15.2. The van der Waals surface area contributed by atoms with E-state index in [9.17, 15) is 22.4 Å². The van der Waals surface area contributed by atoms with Gasteiger partial charge in [-0.3, -0.25) is 0 Å². The third-order valence-electron chi connectivity index (χ3n) is 5.41. The minimum atomic E-state index is -4.38. The van der Waals surface area contributed by atoms with Gasteiger partial charge in [0.25, 0.3) is 0 Å². The van der Waals surface area contributed by atoms with Crippen molar-refractivity contribution in [1.29, 1.82) is 0 Å². The molecule has 2 fully saturated rings. The van der Waals surface area contributed by atoms with Crippen molar-refractivity contribution >= 4 is 36.7 Å². The zero-order valence-corrected chi connectivity index (χ0v) is 19.1. The average molecular weight is 516 g/mol. The third-order valence-corrected chi connectivity index (χ3v) is 7.17. The molecule has 2 atom stereocenters. The molecule has 0 unspecified atom stereocenters. The molecule has 0 spiro atoms. The number of nitrogens with one attached hydrogen (secondary N) is 2. The number of anilines is 1. The number of amides is 1. The van der Waals surface area contributed by atoms with Crippen LogP contribution in [0.1, 0.15) is 25.0 Å². The minimum absolute atomic E-state index is 0.0230. The first kappa shape index (κ1) is 22.9. The van der Waals surface area contributed by atoms with Crippen LogP contribution in [0.25, 0.3) is 5.52 Å². The number of alkyl halides is 4. The van der Waals surface area contributed by atoms with Crippen LogP contribution in [-0.4, -0.2) is 79.3 Å². The van der Waals surface area contributed by atoms with Gasteiger partial charge in [-0.1, -0.05) is 0 Å². The van der Waals surface area contributed by atoms with Crippen molar-refractivity contribution in [2.24, 2.45) is 5.92 Å². The molecule has 1 saturated heterocycles. The van der Waals surface area contributed by atoms with E-state index in [2.05, 4.69) is 27.6 Å². The number of nitrogens with zero attached hydrogens (tertiary/aromatic N) is 3. The molecule has 2 aromatic heterocycles. The molecule has 32 heavy (non-hydrogen) atoms. The Balaban J connectivity index is 1.61. The topological polar surface area (TPSA) is 61.7 Å². The molecule has 2 aromatic rings. The summed E-state index contributed by atoms with van der Waals surface area (Å²) in [6.07, 6.45) is 1.18. The summed E-state index contributed by atoms with van der Waals surface area (Å²) in [5, 5.41) is 5.72. The van der Waals surface area contributed by atoms with Gasteiger partial charge in [-0.25, -0.2) is 0 Å². The molecule has 1 saturated carbocycles. The van der Waals surface area contributed by atoms with Crippen LogP contribution in [0.15, 0.2) is 18.2 Å². The molecule has 4 rings (SSSR count). The number of carbonyl (C=O) groups is 1. The monoisotopic (exact) mass is 517 g/mol. The van der Waals surface area contributed by atoms with E-state index in [0.29, 0.717) is 24.3 Å². The van der Waals surface area contributed by atoms with Crippen LogP contribution in [0.5, 0.6) is 0 Å². The van der Waals surface area contributed by atoms with Gasteiger partial charge in [0.2, 0.25) is 0 Å². The molecule has 2 aliphatic rings. The van der Waals surface area contributed by atoms with E-state index in [0.717, 1.165) is 19.4 Å². The first-order valence-electron chi connectivity index (χ1n) is 10.3. The Morgan fingerprint density at radius 3 is 2.78 bits per heavy atom. The molecule has 2 N–H and O–H groups in total. The number of hydrogen-bond acceptors (Lipinski definition) is 4. The summed E-state index contributed by atoms with van der Waals surface area (Å²) in [7, 11) is 1.85. The van der Waals surface area contributed by atoms with E-state index >= 15 is 0 Å². The Morgan fingerprint density at radius 1 is 1.31 bits per heavy atom. The Hall–Kier alpha value is -2.28. The summed E-state index contributed by atoms with van der Waals surface area (Å²) in [5.74, 6) is 5.78. The Kier molecular flexibility index (Phi) is 6.65. The summed E-state index contributed by atoms with van der Waals surface area (Å²) >= 11 is -1.86. The number of fused-ring (bicyclic) bond motifs is 1. The second-order valence-corrected chi connectivity index (χ2v) is 10.3. The zero-order valence-electron chi connectivity index (χ0n) is 17.4. The fraction of sp³-hybridized carbons (Fsp3) is 0.524. The maximum absolute atomic E-state index is 14.5. The number of likely N-dealkylation sites (tertiary alicyclic amines) is 1. The second kappa shape index (κ2) is 9.30. The number of aromatic nitrogens is 2. The molecule has 1 aliphatic carbocycles. The van der Waals surface area contributed by atoms with Crippen LogP contribution in [0.3, 0.4) is 0 Å². The summed E-state index contributed by atoms with van der Waals surface area (Å²) in [4.78, 5) is 13.6. The van der Waals surface area contributed by atoms with E-state index in [1.165, 1.54) is 4.52 Å². The summed E-state index contributed by atoms with van der Waals surface area (Å²) in [6.45, 7) is 1.06. The van der Waals surface area contributed by atoms with E-state index in [-0.39, 0.29) is 28.5 Å². The van der Waals surface area contributed by atoms with Gasteiger partial charge in [0.15, 0.2) is 0 Å². The maximum atomic E-state index is 14.5. The number of pyridine rings is 1. The summed E-state index contributed by atoms with van der Waals surface area (Å²) < 4.78 is 55.8. The molecule has 11 heteroatoms. The Labute approximate surface area is 189 Å².